The molecule has 0 aliphatic carbocycles. The fraction of sp³-hybridized carbons (Fsp3) is 0.300. The van der Waals surface area contributed by atoms with Crippen LogP contribution in [0.5, 0.6) is 5.75 Å². The number of benzene rings is 1. The summed E-state index contributed by atoms with van der Waals surface area (Å²) in [5.41, 5.74) is 0.244. The SMILES string of the molecule is CCC(C#N)S(=O)(=O)Nc1cccc(O)c1. The van der Waals surface area contributed by atoms with Gasteiger partial charge in [0, 0.05) is 6.07 Å². The Balaban J connectivity index is 2.94. The number of aromatic hydroxyl groups is 1. The van der Waals surface area contributed by atoms with Gasteiger partial charge in [0.25, 0.3) is 0 Å². The molecule has 86 valence electrons. The highest BCUT2D eigenvalue weighted by atomic mass is 32.2. The Morgan fingerprint density at radius 3 is 2.75 bits per heavy atom. The van der Waals surface area contributed by atoms with Crippen LogP contribution in [0.2, 0.25) is 0 Å². The maximum atomic E-state index is 11.7. The van der Waals surface area contributed by atoms with Crippen molar-refractivity contribution in [1.29, 1.82) is 5.26 Å². The second-order valence-corrected chi connectivity index (χ2v) is 5.09. The van der Waals surface area contributed by atoms with E-state index in [9.17, 15) is 8.42 Å². The number of nitrogens with zero attached hydrogens (tertiary/aromatic N) is 1. The van der Waals surface area contributed by atoms with Crippen molar-refractivity contribution in [1.82, 2.24) is 0 Å². The molecule has 0 fully saturated rings. The molecule has 1 aromatic rings. The van der Waals surface area contributed by atoms with Gasteiger partial charge in [-0.1, -0.05) is 13.0 Å². The van der Waals surface area contributed by atoms with Crippen LogP contribution in [0.15, 0.2) is 24.3 Å². The molecule has 2 N–H and O–H groups in total. The molecule has 0 aliphatic heterocycles. The average molecular weight is 240 g/mol. The van der Waals surface area contributed by atoms with E-state index in [0.717, 1.165) is 0 Å². The van der Waals surface area contributed by atoms with Gasteiger partial charge in [-0.25, -0.2) is 8.42 Å². The zero-order valence-electron chi connectivity index (χ0n) is 8.71. The number of rotatable bonds is 4. The van der Waals surface area contributed by atoms with Gasteiger partial charge in [-0.05, 0) is 18.6 Å². The van der Waals surface area contributed by atoms with E-state index in [2.05, 4.69) is 4.72 Å². The van der Waals surface area contributed by atoms with Gasteiger partial charge in [-0.15, -0.1) is 0 Å². The minimum atomic E-state index is -3.71. The first-order valence-corrected chi connectivity index (χ1v) is 6.24. The van der Waals surface area contributed by atoms with Crippen molar-refractivity contribution >= 4 is 15.7 Å². The van der Waals surface area contributed by atoms with E-state index in [1.54, 1.807) is 13.0 Å². The summed E-state index contributed by atoms with van der Waals surface area (Å²) < 4.78 is 25.6. The molecule has 0 radical (unpaired) electrons. The van der Waals surface area contributed by atoms with Crippen LogP contribution in [0, 0.1) is 11.3 Å². The molecule has 1 atom stereocenters. The first kappa shape index (κ1) is 12.3. The standard InChI is InChI=1S/C10H12N2O3S/c1-2-10(7-11)16(14,15)12-8-4-3-5-9(13)6-8/h3-6,10,12-13H,2H2,1H3. The molecule has 6 heteroatoms. The Hall–Kier alpha value is -1.74. The second-order valence-electron chi connectivity index (χ2n) is 3.22. The largest absolute Gasteiger partial charge is 0.508 e. The predicted octanol–water partition coefficient (Wildman–Crippen LogP) is 1.44. The number of nitriles is 1. The van der Waals surface area contributed by atoms with Gasteiger partial charge in [-0.3, -0.25) is 4.72 Å². The van der Waals surface area contributed by atoms with E-state index < -0.39 is 15.3 Å². The minimum Gasteiger partial charge on any atom is -0.508 e. The Labute approximate surface area is 94.4 Å². The molecule has 0 amide bonds. The minimum absolute atomic E-state index is 0.0368. The highest BCUT2D eigenvalue weighted by Crippen LogP contribution is 2.18. The van der Waals surface area contributed by atoms with E-state index >= 15 is 0 Å². The van der Waals surface area contributed by atoms with Crippen LogP contribution in [0.4, 0.5) is 5.69 Å². The van der Waals surface area contributed by atoms with Crippen LogP contribution in [0.25, 0.3) is 0 Å². The fourth-order valence-electron chi connectivity index (χ4n) is 1.18. The van der Waals surface area contributed by atoms with Gasteiger partial charge in [0.1, 0.15) is 5.75 Å². The molecule has 5 nitrogen and oxygen atoms in total. The number of anilines is 1. The summed E-state index contributed by atoms with van der Waals surface area (Å²) in [7, 11) is -3.71. The van der Waals surface area contributed by atoms with E-state index in [1.807, 2.05) is 0 Å². The topological polar surface area (TPSA) is 90.2 Å². The van der Waals surface area contributed by atoms with Crippen molar-refractivity contribution in [3.63, 3.8) is 0 Å². The maximum absolute atomic E-state index is 11.7. The molecule has 0 heterocycles. The van der Waals surface area contributed by atoms with E-state index in [1.165, 1.54) is 24.3 Å². The van der Waals surface area contributed by atoms with Crippen molar-refractivity contribution in [2.75, 3.05) is 4.72 Å². The third-order valence-electron chi connectivity index (χ3n) is 2.00. The zero-order chi connectivity index (χ0) is 12.2. The molecule has 0 bridgehead atoms. The van der Waals surface area contributed by atoms with Crippen LogP contribution < -0.4 is 4.72 Å². The fourth-order valence-corrected chi connectivity index (χ4v) is 2.36. The average Bonchev–Trinajstić information content (AvgIpc) is 2.18. The first-order chi connectivity index (χ1) is 7.49. The number of sulfonamides is 1. The van der Waals surface area contributed by atoms with Crippen LogP contribution in [0.3, 0.4) is 0 Å². The lowest BCUT2D eigenvalue weighted by Gasteiger charge is -2.11. The number of phenolic OH excluding ortho intramolecular Hbond substituents is 1. The number of nitrogens with one attached hydrogen (secondary N) is 1. The molecular weight excluding hydrogens is 228 g/mol. The van der Waals surface area contributed by atoms with Crippen molar-refractivity contribution in [3.05, 3.63) is 24.3 Å². The summed E-state index contributed by atoms with van der Waals surface area (Å²) in [4.78, 5) is 0. The lowest BCUT2D eigenvalue weighted by atomic mass is 10.3. The third-order valence-corrected chi connectivity index (χ3v) is 3.70. The monoisotopic (exact) mass is 240 g/mol. The summed E-state index contributed by atoms with van der Waals surface area (Å²) in [6, 6.07) is 7.44. The Morgan fingerprint density at radius 1 is 1.56 bits per heavy atom. The molecule has 0 aromatic heterocycles. The van der Waals surface area contributed by atoms with Crippen molar-refractivity contribution in [3.8, 4) is 11.8 Å². The van der Waals surface area contributed by atoms with Gasteiger partial charge in [0.2, 0.25) is 10.0 Å². The molecule has 0 saturated carbocycles. The van der Waals surface area contributed by atoms with Crippen LogP contribution in [0.1, 0.15) is 13.3 Å². The molecule has 1 rings (SSSR count). The van der Waals surface area contributed by atoms with Crippen molar-refractivity contribution < 1.29 is 13.5 Å². The molecular formula is C10H12N2O3S. The van der Waals surface area contributed by atoms with Gasteiger partial charge >= 0.3 is 0 Å². The van der Waals surface area contributed by atoms with E-state index in [0.29, 0.717) is 0 Å². The Morgan fingerprint density at radius 2 is 2.25 bits per heavy atom. The van der Waals surface area contributed by atoms with Gasteiger partial charge in [0.15, 0.2) is 5.25 Å². The molecule has 0 saturated heterocycles. The molecule has 1 aromatic carbocycles. The summed E-state index contributed by atoms with van der Waals surface area (Å²) in [5, 5.41) is 16.8. The Bertz CT molecular complexity index is 505. The van der Waals surface area contributed by atoms with E-state index in [-0.39, 0.29) is 17.9 Å². The molecule has 0 spiro atoms. The Kier molecular flexibility index (Phi) is 3.74. The summed E-state index contributed by atoms with van der Waals surface area (Å²) in [5.74, 6) is -0.0368. The maximum Gasteiger partial charge on any atom is 0.249 e. The smallest absolute Gasteiger partial charge is 0.249 e. The third kappa shape index (κ3) is 2.87. The number of phenols is 1. The molecule has 16 heavy (non-hydrogen) atoms. The summed E-state index contributed by atoms with van der Waals surface area (Å²) in [6.07, 6.45) is 0.213. The number of hydrogen-bond acceptors (Lipinski definition) is 4. The van der Waals surface area contributed by atoms with Crippen molar-refractivity contribution in [2.24, 2.45) is 0 Å². The molecule has 0 aliphatic rings. The zero-order valence-corrected chi connectivity index (χ0v) is 9.53. The highest BCUT2D eigenvalue weighted by Gasteiger charge is 2.23. The second kappa shape index (κ2) is 4.86. The van der Waals surface area contributed by atoms with Crippen LogP contribution in [-0.2, 0) is 10.0 Å². The lowest BCUT2D eigenvalue weighted by molar-refractivity contribution is 0.475. The molecule has 1 unspecified atom stereocenters. The lowest BCUT2D eigenvalue weighted by Crippen LogP contribution is -2.25. The summed E-state index contributed by atoms with van der Waals surface area (Å²) in [6.45, 7) is 1.62. The van der Waals surface area contributed by atoms with Gasteiger partial charge in [-0.2, -0.15) is 5.26 Å². The quantitative estimate of drug-likeness (QED) is 0.833. The predicted molar refractivity (Wildman–Crippen MR) is 60.3 cm³/mol. The first-order valence-electron chi connectivity index (χ1n) is 4.70. The van der Waals surface area contributed by atoms with E-state index in [4.69, 9.17) is 10.4 Å². The number of hydrogen-bond donors (Lipinski definition) is 2. The van der Waals surface area contributed by atoms with Crippen LogP contribution >= 0.6 is 0 Å². The highest BCUT2D eigenvalue weighted by molar-refractivity contribution is 7.93. The van der Waals surface area contributed by atoms with Gasteiger partial charge in [0.05, 0.1) is 11.8 Å². The van der Waals surface area contributed by atoms with Crippen LogP contribution in [-0.4, -0.2) is 18.8 Å². The normalized spacial score (nSPS) is 12.8. The summed E-state index contributed by atoms with van der Waals surface area (Å²) >= 11 is 0. The van der Waals surface area contributed by atoms with Gasteiger partial charge < -0.3 is 5.11 Å². The van der Waals surface area contributed by atoms with Crippen molar-refractivity contribution in [2.45, 2.75) is 18.6 Å².